The Bertz CT molecular complexity index is 868. The monoisotopic (exact) mass is 582 g/mol. The fourth-order valence-corrected chi connectivity index (χ4v) is 7.24. The van der Waals surface area contributed by atoms with Gasteiger partial charge in [0.25, 0.3) is 0 Å². The molecule has 1 N–H and O–H groups in total. The van der Waals surface area contributed by atoms with Crippen molar-refractivity contribution in [1.82, 2.24) is 9.80 Å². The van der Waals surface area contributed by atoms with Crippen LogP contribution < -0.4 is 0 Å². The number of aliphatic hydroxyl groups is 1. The fraction of sp³-hybridized carbons (Fsp3) is 0.750. The highest BCUT2D eigenvalue weighted by atomic mass is 79.9. The molecule has 0 aromatic heterocycles. The fourth-order valence-electron chi connectivity index (χ4n) is 6.30. The van der Waals surface area contributed by atoms with Crippen molar-refractivity contribution in [2.75, 3.05) is 26.3 Å². The molecule has 0 saturated carbocycles. The quantitative estimate of drug-likeness (QED) is 0.137. The number of rotatable bonds is 15. The molecule has 8 nitrogen and oxygen atoms in total. The number of ether oxygens (including phenoxy) is 2. The Morgan fingerprint density at radius 1 is 1.32 bits per heavy atom. The van der Waals surface area contributed by atoms with Gasteiger partial charge in [-0.05, 0) is 25.2 Å². The molecule has 3 rings (SSSR count). The molecule has 3 heterocycles. The zero-order valence-corrected chi connectivity index (χ0v) is 24.0. The van der Waals surface area contributed by atoms with E-state index in [0.717, 1.165) is 25.7 Å². The Morgan fingerprint density at radius 3 is 2.65 bits per heavy atom. The number of likely N-dealkylation sites (tertiary alicyclic amines) is 1. The maximum absolute atomic E-state index is 14.3. The number of nitrogens with zero attached hydrogens (tertiary/aromatic N) is 2. The first-order valence-electron chi connectivity index (χ1n) is 13.7. The van der Waals surface area contributed by atoms with Gasteiger partial charge in [-0.3, -0.25) is 14.4 Å². The molecular weight excluding hydrogens is 540 g/mol. The second-order valence-electron chi connectivity index (χ2n) is 10.6. The van der Waals surface area contributed by atoms with Gasteiger partial charge in [0.05, 0.1) is 37.2 Å². The minimum atomic E-state index is -1.17. The van der Waals surface area contributed by atoms with Crippen molar-refractivity contribution < 1.29 is 29.0 Å². The zero-order valence-electron chi connectivity index (χ0n) is 22.4. The minimum absolute atomic E-state index is 0.0533. The number of alkyl halides is 1. The first-order chi connectivity index (χ1) is 17.7. The third-order valence-electron chi connectivity index (χ3n) is 8.34. The molecule has 0 radical (unpaired) electrons. The normalized spacial score (nSPS) is 31.6. The van der Waals surface area contributed by atoms with Crippen LogP contribution in [0.1, 0.15) is 59.3 Å². The number of esters is 1. The van der Waals surface area contributed by atoms with Gasteiger partial charge < -0.3 is 24.4 Å². The molecule has 37 heavy (non-hydrogen) atoms. The van der Waals surface area contributed by atoms with Crippen LogP contribution in [0, 0.1) is 17.8 Å². The van der Waals surface area contributed by atoms with Crippen LogP contribution in [0.2, 0.25) is 0 Å². The molecule has 1 spiro atoms. The lowest BCUT2D eigenvalue weighted by Crippen LogP contribution is -2.60. The molecule has 3 unspecified atom stereocenters. The van der Waals surface area contributed by atoms with Gasteiger partial charge in [0.1, 0.15) is 11.6 Å². The van der Waals surface area contributed by atoms with Crippen molar-refractivity contribution in [3.8, 4) is 0 Å². The molecule has 3 fully saturated rings. The highest BCUT2D eigenvalue weighted by molar-refractivity contribution is 9.09. The van der Waals surface area contributed by atoms with Gasteiger partial charge >= 0.3 is 5.97 Å². The molecule has 208 valence electrons. The maximum atomic E-state index is 14.3. The molecule has 3 saturated heterocycles. The topological polar surface area (TPSA) is 96.4 Å². The van der Waals surface area contributed by atoms with E-state index in [9.17, 15) is 19.5 Å². The smallest absolute Gasteiger partial charge is 0.312 e. The molecular formula is C28H43BrN2O6. The number of halogens is 1. The van der Waals surface area contributed by atoms with Crippen molar-refractivity contribution in [2.24, 2.45) is 17.8 Å². The Kier molecular flexibility index (Phi) is 10.4. The average molecular weight is 584 g/mol. The van der Waals surface area contributed by atoms with Gasteiger partial charge in [-0.2, -0.15) is 0 Å². The molecule has 3 aliphatic rings. The maximum Gasteiger partial charge on any atom is 0.312 e. The molecule has 2 amide bonds. The third kappa shape index (κ3) is 5.41. The summed E-state index contributed by atoms with van der Waals surface area (Å²) in [6.45, 7) is 14.4. The van der Waals surface area contributed by atoms with E-state index in [4.69, 9.17) is 9.47 Å². The number of hydrogen-bond acceptors (Lipinski definition) is 6. The first kappa shape index (κ1) is 29.8. The molecule has 2 bridgehead atoms. The van der Waals surface area contributed by atoms with E-state index in [1.165, 1.54) is 0 Å². The summed E-state index contributed by atoms with van der Waals surface area (Å²) in [6.07, 6.45) is 7.28. The summed E-state index contributed by atoms with van der Waals surface area (Å²) in [4.78, 5) is 44.9. The molecule has 0 aromatic rings. The van der Waals surface area contributed by atoms with Crippen LogP contribution >= 0.6 is 15.9 Å². The number of carbonyl (C=O) groups excluding carboxylic acids is 3. The lowest BCUT2D eigenvalue weighted by molar-refractivity contribution is -0.157. The lowest BCUT2D eigenvalue weighted by Gasteiger charge is -2.41. The summed E-state index contributed by atoms with van der Waals surface area (Å²) in [5.74, 6) is -2.72. The van der Waals surface area contributed by atoms with Gasteiger partial charge in [-0.15, -0.1) is 13.2 Å². The molecule has 3 aliphatic heterocycles. The summed E-state index contributed by atoms with van der Waals surface area (Å²) in [7, 11) is 0. The summed E-state index contributed by atoms with van der Waals surface area (Å²) < 4.78 is 12.1. The molecule has 0 aliphatic carbocycles. The average Bonchev–Trinajstić information content (AvgIpc) is 3.47. The largest absolute Gasteiger partial charge is 0.465 e. The van der Waals surface area contributed by atoms with Crippen molar-refractivity contribution >= 4 is 33.7 Å². The van der Waals surface area contributed by atoms with E-state index < -0.39 is 41.6 Å². The highest BCUT2D eigenvalue weighted by Gasteiger charge is 2.77. The van der Waals surface area contributed by atoms with Crippen LogP contribution in [0.25, 0.3) is 0 Å². The zero-order chi connectivity index (χ0) is 27.3. The van der Waals surface area contributed by atoms with E-state index in [2.05, 4.69) is 36.0 Å². The first-order valence-corrected chi connectivity index (χ1v) is 14.6. The number of fused-ring (bicyclic) bond motifs is 1. The van der Waals surface area contributed by atoms with Crippen molar-refractivity contribution in [3.63, 3.8) is 0 Å². The van der Waals surface area contributed by atoms with E-state index in [0.29, 0.717) is 25.9 Å². The number of aliphatic hydroxyl groups excluding tert-OH is 1. The Hall–Kier alpha value is -1.71. The summed E-state index contributed by atoms with van der Waals surface area (Å²) in [5, 5.41) is 10.4. The van der Waals surface area contributed by atoms with Crippen LogP contribution in [0.4, 0.5) is 0 Å². The predicted molar refractivity (Wildman–Crippen MR) is 145 cm³/mol. The van der Waals surface area contributed by atoms with Crippen molar-refractivity contribution in [3.05, 3.63) is 25.3 Å². The molecule has 8 atom stereocenters. The number of hydrogen-bond donors (Lipinski definition) is 1. The lowest BCUT2D eigenvalue weighted by atomic mass is 9.70. The predicted octanol–water partition coefficient (Wildman–Crippen LogP) is 3.47. The van der Waals surface area contributed by atoms with Gasteiger partial charge in [-0.1, -0.05) is 68.1 Å². The van der Waals surface area contributed by atoms with Crippen LogP contribution in [0.5, 0.6) is 0 Å². The van der Waals surface area contributed by atoms with Gasteiger partial charge in [-0.25, -0.2) is 0 Å². The van der Waals surface area contributed by atoms with Crippen LogP contribution in [0.15, 0.2) is 25.3 Å². The summed E-state index contributed by atoms with van der Waals surface area (Å²) in [6, 6.07) is -1.50. The van der Waals surface area contributed by atoms with Crippen LogP contribution in [-0.4, -0.2) is 87.6 Å². The second kappa shape index (κ2) is 12.9. The van der Waals surface area contributed by atoms with Gasteiger partial charge in [0, 0.05) is 17.9 Å². The Labute approximate surface area is 229 Å². The van der Waals surface area contributed by atoms with E-state index in [1.807, 2.05) is 13.8 Å². The van der Waals surface area contributed by atoms with E-state index >= 15 is 0 Å². The second-order valence-corrected chi connectivity index (χ2v) is 11.7. The highest BCUT2D eigenvalue weighted by Crippen LogP contribution is 2.61. The number of carbonyl (C=O) groups is 3. The van der Waals surface area contributed by atoms with Gasteiger partial charge in [0.2, 0.25) is 11.8 Å². The molecule has 9 heteroatoms. The Morgan fingerprint density at radius 2 is 2.05 bits per heavy atom. The van der Waals surface area contributed by atoms with Crippen LogP contribution in [-0.2, 0) is 23.9 Å². The van der Waals surface area contributed by atoms with Crippen molar-refractivity contribution in [2.45, 2.75) is 87.9 Å². The minimum Gasteiger partial charge on any atom is -0.465 e. The number of unbranched alkanes of at least 4 members (excludes halogenated alkanes) is 2. The van der Waals surface area contributed by atoms with Gasteiger partial charge in [0.15, 0.2) is 0 Å². The SMILES string of the molecule is C=CCCOC(=O)[C@H]1[C@H]2C(=O)N([C@@H](CO)[C@@H](C)CC)C(C(=O)N(CC=C)CCCCC)C23CC(Br)[C@@H]1O3. The summed E-state index contributed by atoms with van der Waals surface area (Å²) >= 11 is 3.68. The number of amides is 2. The van der Waals surface area contributed by atoms with Crippen LogP contribution in [0.3, 0.4) is 0 Å². The third-order valence-corrected chi connectivity index (χ3v) is 9.18. The van der Waals surface area contributed by atoms with Crippen molar-refractivity contribution in [1.29, 1.82) is 0 Å². The Balaban J connectivity index is 2.07. The van der Waals surface area contributed by atoms with E-state index in [-0.39, 0.29) is 35.8 Å². The summed E-state index contributed by atoms with van der Waals surface area (Å²) in [5.41, 5.74) is -1.17. The standard InChI is InChI=1S/C28H43BrN2O6/c1-6-10-12-14-30(13-8-3)26(34)24-28-16-19(29)23(37-28)21(27(35)36-15-11-7-2)22(28)25(33)31(24)20(17-32)18(5)9-4/h7-8,18-24,32H,2-3,6,9-17H2,1,4-5H3/t18-,19?,20-,21-,22-,23-,24?,28?/m0/s1. The van der Waals surface area contributed by atoms with E-state index in [1.54, 1.807) is 22.0 Å². The molecule has 0 aromatic carbocycles.